The van der Waals surface area contributed by atoms with Crippen LogP contribution in [0.2, 0.25) is 5.02 Å². The normalized spacial score (nSPS) is 10.9. The summed E-state index contributed by atoms with van der Waals surface area (Å²) in [4.78, 5) is 24.0. The number of aryl methyl sites for hydroxylation is 1. The van der Waals surface area contributed by atoms with Gasteiger partial charge in [0.1, 0.15) is 0 Å². The van der Waals surface area contributed by atoms with Gasteiger partial charge < -0.3 is 0 Å². The lowest BCUT2D eigenvalue weighted by Gasteiger charge is -2.19. The van der Waals surface area contributed by atoms with Crippen LogP contribution in [0.1, 0.15) is 16.8 Å². The second-order valence-electron chi connectivity index (χ2n) is 6.48. The number of fused-ring (bicyclic) bond motifs is 1. The molecule has 4 rings (SSSR count). The van der Waals surface area contributed by atoms with Crippen LogP contribution in [0.3, 0.4) is 0 Å². The van der Waals surface area contributed by atoms with Gasteiger partial charge in [0.05, 0.1) is 28.9 Å². The summed E-state index contributed by atoms with van der Waals surface area (Å²) in [6.45, 7) is 2.32. The molecule has 0 N–H and O–H groups in total. The molecule has 2 aromatic heterocycles. The minimum absolute atomic E-state index is 0.0142. The van der Waals surface area contributed by atoms with Crippen molar-refractivity contribution in [3.05, 3.63) is 88.7 Å². The zero-order valence-electron chi connectivity index (χ0n) is 15.3. The van der Waals surface area contributed by atoms with E-state index in [2.05, 4.69) is 4.98 Å². The van der Waals surface area contributed by atoms with Crippen molar-refractivity contribution in [2.45, 2.75) is 19.9 Å². The predicted octanol–water partition coefficient (Wildman–Crippen LogP) is 5.43. The lowest BCUT2D eigenvalue weighted by molar-refractivity contribution is -0.118. The van der Waals surface area contributed by atoms with Crippen LogP contribution in [0, 0.1) is 6.92 Å². The summed E-state index contributed by atoms with van der Waals surface area (Å²) in [5.41, 5.74) is 3.55. The van der Waals surface area contributed by atoms with Gasteiger partial charge in [0.2, 0.25) is 5.91 Å². The fourth-order valence-corrected chi connectivity index (χ4v) is 4.18. The minimum atomic E-state index is -0.0142. The van der Waals surface area contributed by atoms with Crippen LogP contribution >= 0.6 is 22.9 Å². The fraction of sp³-hybridized carbons (Fsp3) is 0.136. The monoisotopic (exact) mass is 407 g/mol. The molecule has 4 aromatic rings. The number of thiazole rings is 1. The van der Waals surface area contributed by atoms with Gasteiger partial charge in [-0.25, -0.2) is 4.98 Å². The van der Waals surface area contributed by atoms with Crippen molar-refractivity contribution >= 4 is 44.2 Å². The van der Waals surface area contributed by atoms with Crippen molar-refractivity contribution in [3.63, 3.8) is 0 Å². The van der Waals surface area contributed by atoms with E-state index in [4.69, 9.17) is 16.6 Å². The van der Waals surface area contributed by atoms with Gasteiger partial charge in [0, 0.05) is 11.2 Å². The standard InChI is InChI=1S/C22H18ClN3OS/c1-15-18(23)10-11-19-21(15)25-22(28-19)26(14-17-9-5-6-12-24-17)20(27)13-16-7-3-2-4-8-16/h2-12H,13-14H2,1H3. The summed E-state index contributed by atoms with van der Waals surface area (Å²) in [6.07, 6.45) is 2.04. The third-order valence-corrected chi connectivity index (χ3v) is 5.97. The number of nitrogens with zero attached hydrogens (tertiary/aromatic N) is 3. The number of carbonyl (C=O) groups excluding carboxylic acids is 1. The smallest absolute Gasteiger partial charge is 0.233 e. The number of pyridine rings is 1. The maximum Gasteiger partial charge on any atom is 0.233 e. The molecule has 0 saturated carbocycles. The fourth-order valence-electron chi connectivity index (χ4n) is 2.99. The zero-order valence-corrected chi connectivity index (χ0v) is 16.9. The Labute approximate surface area is 172 Å². The molecule has 0 radical (unpaired) electrons. The third-order valence-electron chi connectivity index (χ3n) is 4.51. The van der Waals surface area contributed by atoms with Crippen LogP contribution in [0.15, 0.2) is 66.9 Å². The Kier molecular flexibility index (Phi) is 5.37. The van der Waals surface area contributed by atoms with E-state index in [1.807, 2.05) is 67.6 Å². The van der Waals surface area contributed by atoms with Gasteiger partial charge >= 0.3 is 0 Å². The van der Waals surface area contributed by atoms with E-state index in [1.54, 1.807) is 11.1 Å². The molecule has 0 aliphatic heterocycles. The predicted molar refractivity (Wildman–Crippen MR) is 115 cm³/mol. The summed E-state index contributed by atoms with van der Waals surface area (Å²) in [5, 5.41) is 1.34. The zero-order chi connectivity index (χ0) is 19.5. The Bertz CT molecular complexity index is 1110. The molecule has 6 heteroatoms. The first kappa shape index (κ1) is 18.6. The summed E-state index contributed by atoms with van der Waals surface area (Å²) in [6, 6.07) is 19.3. The quantitative estimate of drug-likeness (QED) is 0.443. The van der Waals surface area contributed by atoms with Gasteiger partial charge in [-0.1, -0.05) is 59.3 Å². The van der Waals surface area contributed by atoms with E-state index in [1.165, 1.54) is 11.3 Å². The molecule has 0 bridgehead atoms. The highest BCUT2D eigenvalue weighted by molar-refractivity contribution is 7.22. The van der Waals surface area contributed by atoms with Crippen LogP contribution in [0.5, 0.6) is 0 Å². The highest BCUT2D eigenvalue weighted by Gasteiger charge is 2.21. The van der Waals surface area contributed by atoms with E-state index in [0.29, 0.717) is 23.1 Å². The average molecular weight is 408 g/mol. The molecular formula is C22H18ClN3OS. The van der Waals surface area contributed by atoms with Gasteiger partial charge in [0.25, 0.3) is 0 Å². The van der Waals surface area contributed by atoms with Gasteiger partial charge in [0.15, 0.2) is 5.13 Å². The van der Waals surface area contributed by atoms with Crippen molar-refractivity contribution in [2.75, 3.05) is 4.90 Å². The van der Waals surface area contributed by atoms with Crippen LogP contribution in [0.25, 0.3) is 10.2 Å². The Balaban J connectivity index is 1.72. The second kappa shape index (κ2) is 8.09. The van der Waals surface area contributed by atoms with Gasteiger partial charge in [-0.05, 0) is 42.3 Å². The number of rotatable bonds is 5. The van der Waals surface area contributed by atoms with Crippen molar-refractivity contribution in [1.82, 2.24) is 9.97 Å². The Morgan fingerprint density at radius 1 is 1.07 bits per heavy atom. The minimum Gasteiger partial charge on any atom is -0.282 e. The van der Waals surface area contributed by atoms with Crippen molar-refractivity contribution < 1.29 is 4.79 Å². The summed E-state index contributed by atoms with van der Waals surface area (Å²) in [5.74, 6) is -0.0142. The molecule has 0 atom stereocenters. The molecule has 140 valence electrons. The highest BCUT2D eigenvalue weighted by atomic mass is 35.5. The number of aromatic nitrogens is 2. The van der Waals surface area contributed by atoms with Crippen LogP contribution < -0.4 is 4.90 Å². The first-order chi connectivity index (χ1) is 13.6. The maximum atomic E-state index is 13.2. The largest absolute Gasteiger partial charge is 0.282 e. The van der Waals surface area contributed by atoms with E-state index >= 15 is 0 Å². The lowest BCUT2D eigenvalue weighted by atomic mass is 10.1. The second-order valence-corrected chi connectivity index (χ2v) is 7.90. The Morgan fingerprint density at radius 2 is 1.86 bits per heavy atom. The molecule has 0 unspecified atom stereocenters. The lowest BCUT2D eigenvalue weighted by Crippen LogP contribution is -2.32. The third kappa shape index (κ3) is 3.91. The first-order valence-electron chi connectivity index (χ1n) is 8.91. The van der Waals surface area contributed by atoms with Crippen LogP contribution in [-0.4, -0.2) is 15.9 Å². The van der Waals surface area contributed by atoms with E-state index in [9.17, 15) is 4.79 Å². The van der Waals surface area contributed by atoms with Gasteiger partial charge in [-0.2, -0.15) is 0 Å². The molecule has 1 amide bonds. The number of benzene rings is 2. The molecule has 28 heavy (non-hydrogen) atoms. The molecule has 0 fully saturated rings. The van der Waals surface area contributed by atoms with Crippen LogP contribution in [-0.2, 0) is 17.8 Å². The van der Waals surface area contributed by atoms with Crippen LogP contribution in [0.4, 0.5) is 5.13 Å². The highest BCUT2D eigenvalue weighted by Crippen LogP contribution is 2.34. The number of halogens is 1. The number of hydrogen-bond donors (Lipinski definition) is 0. The summed E-state index contributed by atoms with van der Waals surface area (Å²) >= 11 is 7.74. The van der Waals surface area contributed by atoms with Crippen molar-refractivity contribution in [1.29, 1.82) is 0 Å². The average Bonchev–Trinajstić information content (AvgIpc) is 3.15. The van der Waals surface area contributed by atoms with Gasteiger partial charge in [-0.3, -0.25) is 14.7 Å². The van der Waals surface area contributed by atoms with E-state index in [0.717, 1.165) is 27.0 Å². The molecular weight excluding hydrogens is 390 g/mol. The molecule has 4 nitrogen and oxygen atoms in total. The number of carbonyl (C=O) groups is 1. The number of anilines is 1. The van der Waals surface area contributed by atoms with Gasteiger partial charge in [-0.15, -0.1) is 0 Å². The molecule has 2 heterocycles. The SMILES string of the molecule is Cc1c(Cl)ccc2sc(N(Cc3ccccn3)C(=O)Cc3ccccc3)nc12. The van der Waals surface area contributed by atoms with E-state index in [-0.39, 0.29) is 5.91 Å². The number of amides is 1. The Hall–Kier alpha value is -2.76. The van der Waals surface area contributed by atoms with E-state index < -0.39 is 0 Å². The number of hydrogen-bond acceptors (Lipinski definition) is 4. The molecule has 0 saturated heterocycles. The molecule has 0 spiro atoms. The molecule has 2 aromatic carbocycles. The summed E-state index contributed by atoms with van der Waals surface area (Å²) < 4.78 is 1.01. The topological polar surface area (TPSA) is 46.1 Å². The first-order valence-corrected chi connectivity index (χ1v) is 10.1. The van der Waals surface area contributed by atoms with Crippen molar-refractivity contribution in [2.24, 2.45) is 0 Å². The molecule has 0 aliphatic rings. The maximum absolute atomic E-state index is 13.2. The van der Waals surface area contributed by atoms with Crippen molar-refractivity contribution in [3.8, 4) is 0 Å². The molecule has 0 aliphatic carbocycles. The summed E-state index contributed by atoms with van der Waals surface area (Å²) in [7, 11) is 0. The Morgan fingerprint density at radius 3 is 2.61 bits per heavy atom.